The average molecular weight is 396 g/mol. The van der Waals surface area contributed by atoms with Gasteiger partial charge in [-0.15, -0.1) is 0 Å². The van der Waals surface area contributed by atoms with Crippen LogP contribution in [0.5, 0.6) is 0 Å². The first kappa shape index (κ1) is 18.6. The predicted molar refractivity (Wildman–Crippen MR) is 114 cm³/mol. The number of fused-ring (bicyclic) bond motifs is 1. The van der Waals surface area contributed by atoms with E-state index >= 15 is 0 Å². The van der Waals surface area contributed by atoms with Gasteiger partial charge in [0.05, 0.1) is 11.1 Å². The number of hydrogen-bond acceptors (Lipinski definition) is 3. The van der Waals surface area contributed by atoms with Crippen LogP contribution in [-0.4, -0.2) is 29.5 Å². The number of aromatic nitrogens is 1. The monoisotopic (exact) mass is 395 g/mol. The Bertz CT molecular complexity index is 1030. The summed E-state index contributed by atoms with van der Waals surface area (Å²) < 4.78 is 1.47. The van der Waals surface area contributed by atoms with Gasteiger partial charge in [0, 0.05) is 48.0 Å². The van der Waals surface area contributed by atoms with E-state index < -0.39 is 0 Å². The summed E-state index contributed by atoms with van der Waals surface area (Å²) in [4.78, 5) is 27.2. The Morgan fingerprint density at radius 3 is 2.39 bits per heavy atom. The third kappa shape index (κ3) is 3.62. The van der Waals surface area contributed by atoms with Crippen LogP contribution in [-0.2, 0) is 0 Å². The zero-order chi connectivity index (χ0) is 19.7. The van der Waals surface area contributed by atoms with E-state index in [1.54, 1.807) is 24.4 Å². The van der Waals surface area contributed by atoms with E-state index in [1.807, 2.05) is 24.3 Å². The predicted octanol–water partition coefficient (Wildman–Crippen LogP) is 5.20. The zero-order valence-electron chi connectivity index (χ0n) is 15.7. The van der Waals surface area contributed by atoms with Gasteiger partial charge in [0.1, 0.15) is 0 Å². The lowest BCUT2D eigenvalue weighted by molar-refractivity contribution is 0.0941. The van der Waals surface area contributed by atoms with E-state index in [9.17, 15) is 9.59 Å². The fourth-order valence-corrected chi connectivity index (χ4v) is 3.92. The van der Waals surface area contributed by atoms with Gasteiger partial charge in [0.15, 0.2) is 0 Å². The van der Waals surface area contributed by atoms with E-state index in [2.05, 4.69) is 10.2 Å². The molecule has 2 aromatic carbocycles. The van der Waals surface area contributed by atoms with Gasteiger partial charge in [0.2, 0.25) is 5.91 Å². The molecule has 5 nitrogen and oxygen atoms in total. The molecule has 3 aromatic rings. The van der Waals surface area contributed by atoms with Crippen molar-refractivity contribution in [2.75, 3.05) is 23.3 Å². The van der Waals surface area contributed by atoms with Crippen molar-refractivity contribution in [2.24, 2.45) is 0 Å². The van der Waals surface area contributed by atoms with Crippen LogP contribution < -0.4 is 10.2 Å². The van der Waals surface area contributed by atoms with Gasteiger partial charge in [-0.1, -0.05) is 11.6 Å². The molecule has 4 rings (SSSR count). The number of amides is 1. The van der Waals surface area contributed by atoms with Crippen LogP contribution in [0.2, 0.25) is 5.02 Å². The molecule has 6 heteroatoms. The second-order valence-electron chi connectivity index (χ2n) is 7.14. The minimum atomic E-state index is -0.266. The maximum Gasteiger partial charge on any atom is 0.257 e. The summed E-state index contributed by atoms with van der Waals surface area (Å²) in [6.07, 6.45) is 5.31. The van der Waals surface area contributed by atoms with Gasteiger partial charge in [-0.2, -0.15) is 0 Å². The lowest BCUT2D eigenvalue weighted by Gasteiger charge is -2.28. The van der Waals surface area contributed by atoms with Crippen LogP contribution in [0.4, 0.5) is 11.4 Å². The van der Waals surface area contributed by atoms with Crippen molar-refractivity contribution in [2.45, 2.75) is 26.2 Å². The summed E-state index contributed by atoms with van der Waals surface area (Å²) in [5.41, 5.74) is 2.99. The fraction of sp³-hybridized carbons (Fsp3) is 0.273. The quantitative estimate of drug-likeness (QED) is 0.663. The van der Waals surface area contributed by atoms with Crippen molar-refractivity contribution >= 4 is 45.7 Å². The molecular formula is C22H22ClN3O2. The largest absolute Gasteiger partial charge is 0.372 e. The van der Waals surface area contributed by atoms with Gasteiger partial charge >= 0.3 is 0 Å². The Morgan fingerprint density at radius 1 is 1.00 bits per heavy atom. The smallest absolute Gasteiger partial charge is 0.257 e. The van der Waals surface area contributed by atoms with Crippen molar-refractivity contribution in [3.8, 4) is 0 Å². The van der Waals surface area contributed by atoms with Crippen molar-refractivity contribution in [1.82, 2.24) is 4.57 Å². The number of carbonyl (C=O) groups is 2. The van der Waals surface area contributed by atoms with E-state index in [0.29, 0.717) is 21.5 Å². The minimum absolute atomic E-state index is 0.155. The molecule has 0 atom stereocenters. The second kappa shape index (κ2) is 7.68. The van der Waals surface area contributed by atoms with Crippen LogP contribution in [0, 0.1) is 0 Å². The molecule has 1 aromatic heterocycles. The van der Waals surface area contributed by atoms with Crippen LogP contribution >= 0.6 is 11.6 Å². The molecule has 1 saturated heterocycles. The normalized spacial score (nSPS) is 14.3. The molecular weight excluding hydrogens is 374 g/mol. The highest BCUT2D eigenvalue weighted by Gasteiger charge is 2.18. The Balaban J connectivity index is 1.58. The van der Waals surface area contributed by atoms with E-state index in [0.717, 1.165) is 18.8 Å². The van der Waals surface area contributed by atoms with Crippen LogP contribution in [0.25, 0.3) is 10.9 Å². The number of piperidine rings is 1. The summed E-state index contributed by atoms with van der Waals surface area (Å²) in [5, 5.41) is 4.11. The summed E-state index contributed by atoms with van der Waals surface area (Å²) in [6.45, 7) is 3.63. The van der Waals surface area contributed by atoms with Crippen molar-refractivity contribution < 1.29 is 9.59 Å². The highest BCUT2D eigenvalue weighted by molar-refractivity contribution is 6.31. The topological polar surface area (TPSA) is 54.3 Å². The Hall–Kier alpha value is -2.79. The van der Waals surface area contributed by atoms with E-state index in [4.69, 9.17) is 11.6 Å². The average Bonchev–Trinajstić information content (AvgIpc) is 3.08. The highest BCUT2D eigenvalue weighted by atomic mass is 35.5. The maximum atomic E-state index is 12.9. The standard InChI is InChI=1S/C22H22ClN3O2/c1-15(27)26-14-20(19-13-16(23)5-10-21(19)26)22(28)24-17-6-8-18(9-7-17)25-11-3-2-4-12-25/h5-10,13-14H,2-4,11-12H2,1H3,(H,24,28). The summed E-state index contributed by atoms with van der Waals surface area (Å²) >= 11 is 6.11. The third-order valence-electron chi connectivity index (χ3n) is 5.20. The van der Waals surface area contributed by atoms with Crippen LogP contribution in [0.15, 0.2) is 48.7 Å². The first-order valence-corrected chi connectivity index (χ1v) is 9.88. The number of nitrogens with zero attached hydrogens (tertiary/aromatic N) is 2. The van der Waals surface area contributed by atoms with Crippen molar-refractivity contribution in [3.05, 3.63) is 59.2 Å². The van der Waals surface area contributed by atoms with Gasteiger partial charge < -0.3 is 10.2 Å². The Kier molecular flexibility index (Phi) is 5.09. The van der Waals surface area contributed by atoms with Crippen LogP contribution in [0.1, 0.15) is 41.3 Å². The highest BCUT2D eigenvalue weighted by Crippen LogP contribution is 2.27. The lowest BCUT2D eigenvalue weighted by atomic mass is 10.1. The summed E-state index contributed by atoms with van der Waals surface area (Å²) in [5.74, 6) is -0.421. The molecule has 0 saturated carbocycles. The molecule has 1 amide bonds. The molecule has 1 aliphatic heterocycles. The molecule has 144 valence electrons. The third-order valence-corrected chi connectivity index (χ3v) is 5.43. The molecule has 1 N–H and O–H groups in total. The molecule has 0 unspecified atom stereocenters. The van der Waals surface area contributed by atoms with Gasteiger partial charge in [-0.05, 0) is 61.7 Å². The molecule has 0 radical (unpaired) electrons. The first-order valence-electron chi connectivity index (χ1n) is 9.51. The van der Waals surface area contributed by atoms with Gasteiger partial charge in [0.25, 0.3) is 5.91 Å². The maximum absolute atomic E-state index is 12.9. The molecule has 28 heavy (non-hydrogen) atoms. The summed E-state index contributed by atoms with van der Waals surface area (Å²) in [7, 11) is 0. The number of rotatable bonds is 3. The Labute approximate surface area is 168 Å². The zero-order valence-corrected chi connectivity index (χ0v) is 16.5. The molecule has 1 fully saturated rings. The molecule has 2 heterocycles. The van der Waals surface area contributed by atoms with E-state index in [1.165, 1.54) is 36.4 Å². The number of benzene rings is 2. The minimum Gasteiger partial charge on any atom is -0.372 e. The number of carbonyl (C=O) groups excluding carboxylic acids is 2. The summed E-state index contributed by atoms with van der Waals surface area (Å²) in [6, 6.07) is 13.1. The van der Waals surface area contributed by atoms with Crippen LogP contribution in [0.3, 0.4) is 0 Å². The second-order valence-corrected chi connectivity index (χ2v) is 7.58. The first-order chi connectivity index (χ1) is 13.5. The molecule has 0 aliphatic carbocycles. The fourth-order valence-electron chi connectivity index (χ4n) is 3.75. The van der Waals surface area contributed by atoms with Gasteiger partial charge in [-0.25, -0.2) is 0 Å². The molecule has 0 spiro atoms. The number of halogens is 1. The number of hydrogen-bond donors (Lipinski definition) is 1. The lowest BCUT2D eigenvalue weighted by Crippen LogP contribution is -2.29. The Morgan fingerprint density at radius 2 is 1.71 bits per heavy atom. The SMILES string of the molecule is CC(=O)n1cc(C(=O)Nc2ccc(N3CCCCC3)cc2)c2cc(Cl)ccc21. The van der Waals surface area contributed by atoms with E-state index in [-0.39, 0.29) is 11.8 Å². The number of anilines is 2. The van der Waals surface area contributed by atoms with Crippen molar-refractivity contribution in [3.63, 3.8) is 0 Å². The van der Waals surface area contributed by atoms with Crippen molar-refractivity contribution in [1.29, 1.82) is 0 Å². The molecule has 0 bridgehead atoms. The molecule has 1 aliphatic rings. The van der Waals surface area contributed by atoms with Gasteiger partial charge in [-0.3, -0.25) is 14.2 Å². The number of nitrogens with one attached hydrogen (secondary N) is 1.